The molecule has 0 aromatic carbocycles. The molecular weight excluding hydrogens is 846 g/mol. The Balaban J connectivity index is 4.40. The van der Waals surface area contributed by atoms with Gasteiger partial charge in [0.2, 0.25) is 0 Å². The second kappa shape index (κ2) is 46.5. The minimum Gasteiger partial charge on any atom is -0.462 e. The van der Waals surface area contributed by atoms with E-state index in [1.165, 1.54) is 25.7 Å². The second-order valence-electron chi connectivity index (χ2n) is 17.4. The van der Waals surface area contributed by atoms with E-state index in [1.54, 1.807) is 0 Å². The zero-order chi connectivity index (χ0) is 48.5. The molecule has 374 valence electrons. The summed E-state index contributed by atoms with van der Waals surface area (Å²) in [4.78, 5) is 35.6. The Labute approximate surface area is 403 Å². The first-order valence-corrected chi connectivity index (χ1v) is 26.8. The van der Waals surface area contributed by atoms with Gasteiger partial charge < -0.3 is 18.9 Å². The number of phosphoric ester groups is 1. The van der Waals surface area contributed by atoms with E-state index >= 15 is 0 Å². The summed E-state index contributed by atoms with van der Waals surface area (Å²) >= 11 is 0. The van der Waals surface area contributed by atoms with Gasteiger partial charge >= 0.3 is 19.8 Å². The van der Waals surface area contributed by atoms with Crippen LogP contribution in [0, 0.1) is 0 Å². The van der Waals surface area contributed by atoms with E-state index in [0.717, 1.165) is 103 Å². The van der Waals surface area contributed by atoms with Crippen molar-refractivity contribution in [3.05, 3.63) is 122 Å². The van der Waals surface area contributed by atoms with Gasteiger partial charge in [0.15, 0.2) is 6.10 Å². The maximum absolute atomic E-state index is 12.7. The number of unbranched alkanes of at least 4 members (excludes halogenated alkanes) is 10. The van der Waals surface area contributed by atoms with Crippen LogP contribution < -0.4 is 0 Å². The van der Waals surface area contributed by atoms with Crippen molar-refractivity contribution in [3.8, 4) is 0 Å². The zero-order valence-electron chi connectivity index (χ0n) is 42.1. The van der Waals surface area contributed by atoms with Crippen molar-refractivity contribution < 1.29 is 42.1 Å². The summed E-state index contributed by atoms with van der Waals surface area (Å²) in [7, 11) is 1.42. The molecular formula is C56H93NO8P+. The smallest absolute Gasteiger partial charge is 0.462 e. The third-order valence-corrected chi connectivity index (χ3v) is 11.0. The number of hydrogen-bond donors (Lipinski definition) is 1. The van der Waals surface area contributed by atoms with Crippen molar-refractivity contribution >= 4 is 19.8 Å². The van der Waals surface area contributed by atoms with Gasteiger partial charge in [0.05, 0.1) is 27.7 Å². The summed E-state index contributed by atoms with van der Waals surface area (Å²) in [6, 6.07) is 0. The van der Waals surface area contributed by atoms with Crippen molar-refractivity contribution in [2.75, 3.05) is 47.5 Å². The van der Waals surface area contributed by atoms with E-state index in [9.17, 15) is 19.0 Å². The normalized spacial score (nSPS) is 14.5. The predicted molar refractivity (Wildman–Crippen MR) is 279 cm³/mol. The van der Waals surface area contributed by atoms with Crippen LogP contribution in [0.5, 0.6) is 0 Å². The van der Waals surface area contributed by atoms with Crippen LogP contribution in [-0.2, 0) is 32.7 Å². The quantitative estimate of drug-likeness (QED) is 0.0212. The average molecular weight is 939 g/mol. The topological polar surface area (TPSA) is 108 Å². The number of likely N-dealkylation sites (N-methyl/N-ethyl adjacent to an activating group) is 1. The van der Waals surface area contributed by atoms with Crippen molar-refractivity contribution in [1.29, 1.82) is 0 Å². The molecule has 0 aliphatic carbocycles. The van der Waals surface area contributed by atoms with Gasteiger partial charge in [-0.2, -0.15) is 0 Å². The number of nitrogens with zero attached hydrogens (tertiary/aromatic N) is 1. The van der Waals surface area contributed by atoms with E-state index in [1.807, 2.05) is 21.1 Å². The largest absolute Gasteiger partial charge is 0.472 e. The third-order valence-electron chi connectivity index (χ3n) is 9.99. The lowest BCUT2D eigenvalue weighted by molar-refractivity contribution is -0.870. The van der Waals surface area contributed by atoms with E-state index < -0.39 is 32.5 Å². The molecule has 0 saturated heterocycles. The highest BCUT2D eigenvalue weighted by molar-refractivity contribution is 7.47. The van der Waals surface area contributed by atoms with Crippen LogP contribution in [0.15, 0.2) is 122 Å². The fraction of sp³-hybridized carbons (Fsp3) is 0.607. The summed E-state index contributed by atoms with van der Waals surface area (Å²) in [6.45, 7) is 4.11. The van der Waals surface area contributed by atoms with Crippen LogP contribution in [0.2, 0.25) is 0 Å². The van der Waals surface area contributed by atoms with Gasteiger partial charge in [-0.05, 0) is 103 Å². The molecule has 2 unspecified atom stereocenters. The van der Waals surface area contributed by atoms with Crippen molar-refractivity contribution in [2.24, 2.45) is 0 Å². The first-order chi connectivity index (χ1) is 32.0. The van der Waals surface area contributed by atoms with Crippen LogP contribution in [0.1, 0.15) is 168 Å². The molecule has 0 aromatic heterocycles. The molecule has 0 aromatic rings. The van der Waals surface area contributed by atoms with E-state index in [4.69, 9.17) is 18.5 Å². The number of allylic oxidation sites excluding steroid dienone is 20. The molecule has 2 atom stereocenters. The van der Waals surface area contributed by atoms with E-state index in [0.29, 0.717) is 23.9 Å². The lowest BCUT2D eigenvalue weighted by Gasteiger charge is -2.24. The number of ether oxygens (including phenoxy) is 2. The number of rotatable bonds is 44. The Morgan fingerprint density at radius 3 is 1.24 bits per heavy atom. The highest BCUT2D eigenvalue weighted by Crippen LogP contribution is 2.43. The third kappa shape index (κ3) is 49.8. The van der Waals surface area contributed by atoms with Gasteiger partial charge in [0, 0.05) is 12.8 Å². The Hall–Kier alpha value is -3.59. The summed E-state index contributed by atoms with van der Waals surface area (Å²) < 4.78 is 34.4. The first kappa shape index (κ1) is 62.4. The second-order valence-corrected chi connectivity index (χ2v) is 18.9. The zero-order valence-corrected chi connectivity index (χ0v) is 43.0. The maximum Gasteiger partial charge on any atom is 0.472 e. The Bertz CT molecular complexity index is 1530. The Morgan fingerprint density at radius 2 is 0.818 bits per heavy atom. The predicted octanol–water partition coefficient (Wildman–Crippen LogP) is 15.2. The molecule has 1 N–H and O–H groups in total. The first-order valence-electron chi connectivity index (χ1n) is 25.3. The molecule has 0 bridgehead atoms. The standard InChI is InChI=1S/C56H92NO8P/c1-6-8-10-12-14-16-18-20-22-24-26-28-30-32-34-36-38-40-42-44-46-48-55(58)62-52-54(53-64-66(60,61)63-51-50-57(3,4)5)65-56(59)49-47-45-43-41-39-37-35-33-31-29-27-25-23-21-19-17-15-13-11-9-7-2/h8-11,14-17,20-23,26-29,33,35,39,41,54H,6-7,12-13,18-19,24-25,30-32,34,36-38,40,42-53H2,1-5H3/p+1/b10-8-,11-9-,16-14-,17-15-,22-20-,23-21-,28-26-,29-27-,35-33-,41-39-. The molecule has 0 aliphatic heterocycles. The molecule has 66 heavy (non-hydrogen) atoms. The van der Waals surface area contributed by atoms with Crippen molar-refractivity contribution in [1.82, 2.24) is 0 Å². The molecule has 0 amide bonds. The Kier molecular flexibility index (Phi) is 44.0. The minimum atomic E-state index is -4.41. The van der Waals surface area contributed by atoms with Crippen LogP contribution >= 0.6 is 7.82 Å². The summed E-state index contributed by atoms with van der Waals surface area (Å²) in [5, 5.41) is 0. The molecule has 0 heterocycles. The number of phosphoric acid groups is 1. The molecule has 10 heteroatoms. The fourth-order valence-electron chi connectivity index (χ4n) is 6.12. The SMILES string of the molecule is CC/C=C\C/C=C\C/C=C\C/C=C\C/C=C\C/C=C\CCCCC(=O)OC(COC(=O)CCCCCCCCCC/C=C\C/C=C\C/C=C\C/C=C\CC)COP(=O)(O)OCC[N+](C)(C)C. The number of quaternary nitrogens is 1. The van der Waals surface area contributed by atoms with Gasteiger partial charge in [-0.1, -0.05) is 174 Å². The van der Waals surface area contributed by atoms with Crippen LogP contribution in [0.25, 0.3) is 0 Å². The monoisotopic (exact) mass is 939 g/mol. The highest BCUT2D eigenvalue weighted by atomic mass is 31.2. The molecule has 0 rings (SSSR count). The van der Waals surface area contributed by atoms with Gasteiger partial charge in [-0.25, -0.2) is 4.57 Å². The molecule has 0 saturated carbocycles. The lowest BCUT2D eigenvalue weighted by atomic mass is 10.1. The number of hydrogen-bond acceptors (Lipinski definition) is 7. The van der Waals surface area contributed by atoms with Crippen LogP contribution in [-0.4, -0.2) is 74.9 Å². The average Bonchev–Trinajstić information content (AvgIpc) is 3.27. The number of carbonyl (C=O) groups excluding carboxylic acids is 2. The molecule has 0 spiro atoms. The summed E-state index contributed by atoms with van der Waals surface area (Å²) in [5.74, 6) is -0.870. The van der Waals surface area contributed by atoms with Crippen LogP contribution in [0.4, 0.5) is 0 Å². The van der Waals surface area contributed by atoms with Crippen molar-refractivity contribution in [2.45, 2.75) is 174 Å². The molecule has 0 radical (unpaired) electrons. The van der Waals surface area contributed by atoms with E-state index in [2.05, 4.69) is 135 Å². The van der Waals surface area contributed by atoms with Crippen LogP contribution in [0.3, 0.4) is 0 Å². The highest BCUT2D eigenvalue weighted by Gasteiger charge is 2.27. The van der Waals surface area contributed by atoms with Gasteiger partial charge in [-0.3, -0.25) is 18.6 Å². The van der Waals surface area contributed by atoms with Crippen molar-refractivity contribution in [3.63, 3.8) is 0 Å². The Morgan fingerprint density at radius 1 is 0.470 bits per heavy atom. The van der Waals surface area contributed by atoms with Gasteiger partial charge in [0.1, 0.15) is 19.8 Å². The van der Waals surface area contributed by atoms with Gasteiger partial charge in [-0.15, -0.1) is 0 Å². The molecule has 0 fully saturated rings. The minimum absolute atomic E-state index is 0.0141. The molecule has 9 nitrogen and oxygen atoms in total. The molecule has 0 aliphatic rings. The lowest BCUT2D eigenvalue weighted by Crippen LogP contribution is -2.37. The number of carbonyl (C=O) groups is 2. The number of esters is 2. The fourth-order valence-corrected chi connectivity index (χ4v) is 6.87. The maximum atomic E-state index is 12.7. The van der Waals surface area contributed by atoms with E-state index in [-0.39, 0.29) is 26.1 Å². The summed E-state index contributed by atoms with van der Waals surface area (Å²) in [6.07, 6.45) is 65.4. The summed E-state index contributed by atoms with van der Waals surface area (Å²) in [5.41, 5.74) is 0. The van der Waals surface area contributed by atoms with Gasteiger partial charge in [0.25, 0.3) is 0 Å².